The normalized spacial score (nSPS) is 10.8. The number of hydrogen-bond acceptors (Lipinski definition) is 4. The molecular formula is C20H18ClF2N3O3. The molecule has 0 bridgehead atoms. The Morgan fingerprint density at radius 2 is 2.03 bits per heavy atom. The van der Waals surface area contributed by atoms with Gasteiger partial charge in [0.2, 0.25) is 0 Å². The van der Waals surface area contributed by atoms with Crippen LogP contribution in [-0.4, -0.2) is 36.0 Å². The Hall–Kier alpha value is -3.13. The van der Waals surface area contributed by atoms with Crippen LogP contribution in [0.5, 0.6) is 11.5 Å². The van der Waals surface area contributed by atoms with Crippen LogP contribution in [0.3, 0.4) is 0 Å². The maximum Gasteiger partial charge on any atom is 0.387 e. The smallest absolute Gasteiger partial charge is 0.387 e. The van der Waals surface area contributed by atoms with E-state index in [1.165, 1.54) is 13.2 Å². The lowest BCUT2D eigenvalue weighted by atomic mass is 10.1. The van der Waals surface area contributed by atoms with E-state index in [4.69, 9.17) is 16.3 Å². The number of aromatic nitrogens is 2. The van der Waals surface area contributed by atoms with Crippen molar-refractivity contribution in [2.45, 2.75) is 13.0 Å². The predicted octanol–water partition coefficient (Wildman–Crippen LogP) is 4.11. The van der Waals surface area contributed by atoms with Gasteiger partial charge in [-0.3, -0.25) is 4.79 Å². The van der Waals surface area contributed by atoms with E-state index in [9.17, 15) is 13.6 Å². The molecule has 0 spiro atoms. The number of nitrogens with zero attached hydrogens (tertiary/aromatic N) is 2. The van der Waals surface area contributed by atoms with Gasteiger partial charge in [0.15, 0.2) is 17.2 Å². The first-order valence-corrected chi connectivity index (χ1v) is 9.05. The highest BCUT2D eigenvalue weighted by molar-refractivity contribution is 6.30. The first kappa shape index (κ1) is 20.6. The van der Waals surface area contributed by atoms with Crippen LogP contribution in [0.25, 0.3) is 5.69 Å². The Balaban J connectivity index is 1.59. The van der Waals surface area contributed by atoms with Crippen LogP contribution < -0.4 is 14.8 Å². The topological polar surface area (TPSA) is 65.4 Å². The summed E-state index contributed by atoms with van der Waals surface area (Å²) >= 11 is 5.97. The van der Waals surface area contributed by atoms with Crippen molar-refractivity contribution in [1.29, 1.82) is 0 Å². The van der Waals surface area contributed by atoms with Gasteiger partial charge in [-0.1, -0.05) is 23.7 Å². The number of carbonyl (C=O) groups is 1. The highest BCUT2D eigenvalue weighted by atomic mass is 35.5. The van der Waals surface area contributed by atoms with Crippen molar-refractivity contribution >= 4 is 17.5 Å². The largest absolute Gasteiger partial charge is 0.493 e. The van der Waals surface area contributed by atoms with Crippen LogP contribution in [0, 0.1) is 0 Å². The summed E-state index contributed by atoms with van der Waals surface area (Å²) in [6.07, 6.45) is 2.09. The number of halogens is 3. The van der Waals surface area contributed by atoms with Crippen molar-refractivity contribution in [2.75, 3.05) is 13.7 Å². The zero-order valence-corrected chi connectivity index (χ0v) is 16.2. The molecule has 0 saturated heterocycles. The zero-order chi connectivity index (χ0) is 20.8. The van der Waals surface area contributed by atoms with E-state index in [0.717, 1.165) is 5.69 Å². The zero-order valence-electron chi connectivity index (χ0n) is 15.4. The molecule has 0 aliphatic rings. The second-order valence-corrected chi connectivity index (χ2v) is 6.43. The molecule has 152 valence electrons. The molecule has 6 nitrogen and oxygen atoms in total. The summed E-state index contributed by atoms with van der Waals surface area (Å²) in [7, 11) is 1.37. The third-order valence-electron chi connectivity index (χ3n) is 4.04. The molecular weight excluding hydrogens is 404 g/mol. The summed E-state index contributed by atoms with van der Waals surface area (Å²) in [5, 5.41) is 7.56. The fraction of sp³-hybridized carbons (Fsp3) is 0.200. The molecule has 0 saturated carbocycles. The number of methoxy groups -OCH3 is 1. The molecule has 29 heavy (non-hydrogen) atoms. The van der Waals surface area contributed by atoms with Crippen LogP contribution in [-0.2, 0) is 6.42 Å². The van der Waals surface area contributed by atoms with Gasteiger partial charge < -0.3 is 14.8 Å². The molecule has 0 atom stereocenters. The fourth-order valence-electron chi connectivity index (χ4n) is 2.68. The number of carbonyl (C=O) groups excluding carboxylic acids is 1. The number of hydrogen-bond donors (Lipinski definition) is 1. The molecule has 0 radical (unpaired) electrons. The van der Waals surface area contributed by atoms with Gasteiger partial charge in [0.05, 0.1) is 12.8 Å². The number of rotatable bonds is 8. The van der Waals surface area contributed by atoms with Gasteiger partial charge in [0.1, 0.15) is 0 Å². The molecule has 0 fully saturated rings. The molecule has 2 aromatic carbocycles. The van der Waals surface area contributed by atoms with E-state index >= 15 is 0 Å². The summed E-state index contributed by atoms with van der Waals surface area (Å²) in [5.74, 6) is -0.181. The molecule has 0 aliphatic heterocycles. The Kier molecular flexibility index (Phi) is 6.66. The minimum Gasteiger partial charge on any atom is -0.493 e. The molecule has 3 aromatic rings. The third kappa shape index (κ3) is 5.45. The lowest BCUT2D eigenvalue weighted by Gasteiger charge is -2.11. The Bertz CT molecular complexity index is 995. The summed E-state index contributed by atoms with van der Waals surface area (Å²) < 4.78 is 36.0. The van der Waals surface area contributed by atoms with Crippen molar-refractivity contribution in [1.82, 2.24) is 15.1 Å². The SMILES string of the molecule is COc1ccc(CCNC(=O)c2ccn(-c3cccc(Cl)c3)n2)cc1OC(F)F. The minimum atomic E-state index is -2.95. The van der Waals surface area contributed by atoms with Crippen LogP contribution in [0.1, 0.15) is 16.1 Å². The molecule has 3 rings (SSSR count). The average molecular weight is 422 g/mol. The summed E-state index contributed by atoms with van der Waals surface area (Å²) in [6.45, 7) is -2.66. The lowest BCUT2D eigenvalue weighted by Crippen LogP contribution is -2.26. The molecule has 1 N–H and O–H groups in total. The van der Waals surface area contributed by atoms with Crippen LogP contribution in [0.2, 0.25) is 5.02 Å². The quantitative estimate of drug-likeness (QED) is 0.594. The standard InChI is InChI=1S/C20H18ClF2N3O3/c1-28-17-6-5-13(11-18(17)29-20(22)23)7-9-24-19(27)16-8-10-26(25-16)15-4-2-3-14(21)12-15/h2-6,8,10-12,20H,7,9H2,1H3,(H,24,27). The van der Waals surface area contributed by atoms with Gasteiger partial charge in [-0.25, -0.2) is 4.68 Å². The van der Waals surface area contributed by atoms with Gasteiger partial charge in [0, 0.05) is 17.8 Å². The predicted molar refractivity (Wildman–Crippen MR) is 104 cm³/mol. The second kappa shape index (κ2) is 9.38. The van der Waals surface area contributed by atoms with Gasteiger partial charge in [-0.2, -0.15) is 13.9 Å². The first-order chi connectivity index (χ1) is 14.0. The summed E-state index contributed by atoms with van der Waals surface area (Å²) in [4.78, 5) is 12.3. The average Bonchev–Trinajstić information content (AvgIpc) is 3.18. The monoisotopic (exact) mass is 421 g/mol. The van der Waals surface area contributed by atoms with Crippen molar-refractivity contribution in [3.8, 4) is 17.2 Å². The number of nitrogens with one attached hydrogen (secondary N) is 1. The first-order valence-electron chi connectivity index (χ1n) is 8.68. The summed E-state index contributed by atoms with van der Waals surface area (Å²) in [5.41, 5.74) is 1.70. The van der Waals surface area contributed by atoms with E-state index < -0.39 is 6.61 Å². The van der Waals surface area contributed by atoms with Gasteiger partial charge in [-0.05, 0) is 48.4 Å². The number of benzene rings is 2. The van der Waals surface area contributed by atoms with Crippen LogP contribution >= 0.6 is 11.6 Å². The Labute approximate surface area is 171 Å². The van der Waals surface area contributed by atoms with Crippen LogP contribution in [0.15, 0.2) is 54.7 Å². The highest BCUT2D eigenvalue weighted by Crippen LogP contribution is 2.29. The summed E-state index contributed by atoms with van der Waals surface area (Å²) in [6, 6.07) is 13.4. The van der Waals surface area contributed by atoms with Crippen molar-refractivity contribution in [2.24, 2.45) is 0 Å². The Morgan fingerprint density at radius 3 is 2.76 bits per heavy atom. The molecule has 1 amide bonds. The maximum atomic E-state index is 12.5. The minimum absolute atomic E-state index is 0.0495. The van der Waals surface area contributed by atoms with Gasteiger partial charge in [-0.15, -0.1) is 0 Å². The van der Waals surface area contributed by atoms with Gasteiger partial charge >= 0.3 is 6.61 Å². The third-order valence-corrected chi connectivity index (χ3v) is 4.27. The number of alkyl halides is 2. The van der Waals surface area contributed by atoms with Crippen molar-refractivity contribution in [3.63, 3.8) is 0 Å². The van der Waals surface area contributed by atoms with E-state index in [1.54, 1.807) is 47.3 Å². The lowest BCUT2D eigenvalue weighted by molar-refractivity contribution is -0.0512. The van der Waals surface area contributed by atoms with Crippen molar-refractivity contribution in [3.05, 3.63) is 71.0 Å². The van der Waals surface area contributed by atoms with Crippen molar-refractivity contribution < 1.29 is 23.0 Å². The Morgan fingerprint density at radius 1 is 1.21 bits per heavy atom. The maximum absolute atomic E-state index is 12.5. The molecule has 0 unspecified atom stereocenters. The molecule has 0 aliphatic carbocycles. The van der Waals surface area contributed by atoms with E-state index in [-0.39, 0.29) is 23.1 Å². The molecule has 1 heterocycles. The fourth-order valence-corrected chi connectivity index (χ4v) is 2.87. The molecule has 1 aromatic heterocycles. The highest BCUT2D eigenvalue weighted by Gasteiger charge is 2.13. The van der Waals surface area contributed by atoms with Gasteiger partial charge in [0.25, 0.3) is 5.91 Å². The molecule has 9 heteroatoms. The van der Waals surface area contributed by atoms with Crippen LogP contribution in [0.4, 0.5) is 8.78 Å². The van der Waals surface area contributed by atoms with E-state index in [2.05, 4.69) is 15.2 Å². The van der Waals surface area contributed by atoms with E-state index in [0.29, 0.717) is 23.6 Å². The second-order valence-electron chi connectivity index (χ2n) is 6.00. The van der Waals surface area contributed by atoms with E-state index in [1.807, 2.05) is 6.07 Å². The number of ether oxygens (including phenoxy) is 2. The number of amides is 1.